The highest BCUT2D eigenvalue weighted by atomic mass is 16.5. The highest BCUT2D eigenvalue weighted by Crippen LogP contribution is 2.29. The zero-order valence-electron chi connectivity index (χ0n) is 15.2. The van der Waals surface area contributed by atoms with Crippen molar-refractivity contribution in [1.29, 1.82) is 0 Å². The molecule has 0 fully saturated rings. The molecule has 0 aromatic heterocycles. The third-order valence-corrected chi connectivity index (χ3v) is 4.52. The van der Waals surface area contributed by atoms with Crippen LogP contribution < -0.4 is 5.32 Å². The minimum Gasteiger partial charge on any atom is -0.464 e. The van der Waals surface area contributed by atoms with Crippen molar-refractivity contribution in [2.45, 2.75) is 31.8 Å². The Morgan fingerprint density at radius 2 is 2.04 bits per heavy atom. The van der Waals surface area contributed by atoms with Crippen LogP contribution in [0.15, 0.2) is 59.8 Å². The van der Waals surface area contributed by atoms with Gasteiger partial charge in [-0.1, -0.05) is 36.4 Å². The molecule has 0 saturated heterocycles. The molecule has 0 saturated carbocycles. The Balaban J connectivity index is 1.90. The van der Waals surface area contributed by atoms with E-state index in [1.165, 1.54) is 0 Å². The molecule has 2 atom stereocenters. The van der Waals surface area contributed by atoms with Crippen LogP contribution in [-0.2, 0) is 19.1 Å². The Morgan fingerprint density at radius 3 is 2.74 bits per heavy atom. The standard InChI is InChI=1S/C20H21N3O4/c1-3-27-18(25)17(14-9-5-4-6-10-14)22-19(26)20(2)13-16(24)21-15-11-7-8-12-23(15)20/h4-12,17H,3,13H2,1-2H3,(H,22,26). The molecule has 140 valence electrons. The van der Waals surface area contributed by atoms with Crippen molar-refractivity contribution >= 4 is 23.6 Å². The van der Waals surface area contributed by atoms with E-state index in [-0.39, 0.29) is 18.9 Å². The number of esters is 1. The molecule has 0 spiro atoms. The van der Waals surface area contributed by atoms with Crippen molar-refractivity contribution in [2.24, 2.45) is 4.99 Å². The first kappa shape index (κ1) is 18.6. The number of rotatable bonds is 5. The fourth-order valence-corrected chi connectivity index (χ4v) is 3.12. The third-order valence-electron chi connectivity index (χ3n) is 4.52. The Morgan fingerprint density at radius 1 is 1.30 bits per heavy atom. The lowest BCUT2D eigenvalue weighted by molar-refractivity contribution is -0.149. The third kappa shape index (κ3) is 3.67. The number of amidine groups is 1. The van der Waals surface area contributed by atoms with E-state index in [9.17, 15) is 14.4 Å². The number of carbonyl (C=O) groups excluding carboxylic acids is 3. The monoisotopic (exact) mass is 367 g/mol. The summed E-state index contributed by atoms with van der Waals surface area (Å²) in [5.41, 5.74) is -0.590. The van der Waals surface area contributed by atoms with Crippen LogP contribution in [0.5, 0.6) is 0 Å². The lowest BCUT2D eigenvalue weighted by atomic mass is 9.90. The first-order valence-corrected chi connectivity index (χ1v) is 8.74. The van der Waals surface area contributed by atoms with E-state index in [1.807, 2.05) is 6.07 Å². The fraction of sp³-hybridized carbons (Fsp3) is 0.300. The number of amides is 2. The molecule has 1 aromatic rings. The average molecular weight is 367 g/mol. The maximum absolute atomic E-state index is 13.2. The summed E-state index contributed by atoms with van der Waals surface area (Å²) in [6.07, 6.45) is 6.79. The number of nitrogens with one attached hydrogen (secondary N) is 1. The van der Waals surface area contributed by atoms with Crippen LogP contribution in [0.1, 0.15) is 31.9 Å². The summed E-state index contributed by atoms with van der Waals surface area (Å²) in [4.78, 5) is 43.3. The molecule has 1 aromatic carbocycles. The van der Waals surface area contributed by atoms with Gasteiger partial charge in [0.25, 0.3) is 5.91 Å². The molecule has 7 nitrogen and oxygen atoms in total. The van der Waals surface area contributed by atoms with Crippen LogP contribution >= 0.6 is 0 Å². The Kier molecular flexibility index (Phi) is 5.21. The molecule has 0 aliphatic carbocycles. The Labute approximate surface area is 157 Å². The molecule has 2 amide bonds. The lowest BCUT2D eigenvalue weighted by Crippen LogP contribution is -2.60. The molecule has 7 heteroatoms. The zero-order chi connectivity index (χ0) is 19.4. The number of carbonyl (C=O) groups is 3. The lowest BCUT2D eigenvalue weighted by Gasteiger charge is -2.42. The second-order valence-corrected chi connectivity index (χ2v) is 6.45. The van der Waals surface area contributed by atoms with Gasteiger partial charge in [0.15, 0.2) is 6.04 Å². The number of aliphatic imine (C=N–C) groups is 1. The number of ether oxygens (including phenoxy) is 1. The normalized spacial score (nSPS) is 21.9. The highest BCUT2D eigenvalue weighted by molar-refractivity contribution is 6.09. The van der Waals surface area contributed by atoms with E-state index in [0.29, 0.717) is 11.4 Å². The quantitative estimate of drug-likeness (QED) is 0.803. The summed E-state index contributed by atoms with van der Waals surface area (Å²) < 4.78 is 5.12. The number of hydrogen-bond acceptors (Lipinski definition) is 5. The van der Waals surface area contributed by atoms with Crippen molar-refractivity contribution < 1.29 is 19.1 Å². The van der Waals surface area contributed by atoms with E-state index >= 15 is 0 Å². The van der Waals surface area contributed by atoms with Gasteiger partial charge in [-0.15, -0.1) is 0 Å². The minimum absolute atomic E-state index is 0.0924. The van der Waals surface area contributed by atoms with Crippen LogP contribution in [0.4, 0.5) is 0 Å². The van der Waals surface area contributed by atoms with Gasteiger partial charge in [-0.05, 0) is 31.6 Å². The first-order valence-electron chi connectivity index (χ1n) is 8.74. The van der Waals surface area contributed by atoms with Gasteiger partial charge in [-0.2, -0.15) is 4.99 Å². The number of benzene rings is 1. The predicted octanol–water partition coefficient (Wildman–Crippen LogP) is 1.88. The average Bonchev–Trinajstić information content (AvgIpc) is 2.66. The Hall–Kier alpha value is -3.22. The largest absolute Gasteiger partial charge is 0.464 e. The maximum atomic E-state index is 13.2. The van der Waals surface area contributed by atoms with Crippen LogP contribution in [0.3, 0.4) is 0 Å². The second-order valence-electron chi connectivity index (χ2n) is 6.45. The summed E-state index contributed by atoms with van der Waals surface area (Å²) in [7, 11) is 0. The molecular weight excluding hydrogens is 346 g/mol. The molecule has 0 radical (unpaired) electrons. The van der Waals surface area contributed by atoms with E-state index in [4.69, 9.17) is 4.74 Å². The van der Waals surface area contributed by atoms with E-state index in [0.717, 1.165) is 0 Å². The van der Waals surface area contributed by atoms with E-state index in [1.54, 1.807) is 67.4 Å². The van der Waals surface area contributed by atoms with Crippen LogP contribution in [0.25, 0.3) is 0 Å². The van der Waals surface area contributed by atoms with Gasteiger partial charge in [0.1, 0.15) is 11.4 Å². The van der Waals surface area contributed by atoms with Gasteiger partial charge >= 0.3 is 5.97 Å². The summed E-state index contributed by atoms with van der Waals surface area (Å²) in [6.45, 7) is 3.56. The summed E-state index contributed by atoms with van der Waals surface area (Å²) in [5, 5.41) is 2.76. The van der Waals surface area contributed by atoms with Crippen molar-refractivity contribution in [3.63, 3.8) is 0 Å². The van der Waals surface area contributed by atoms with Gasteiger partial charge < -0.3 is 15.0 Å². The van der Waals surface area contributed by atoms with Crippen LogP contribution in [0, 0.1) is 0 Å². The molecule has 0 bridgehead atoms. The number of allylic oxidation sites excluding steroid dienone is 2. The summed E-state index contributed by atoms with van der Waals surface area (Å²) >= 11 is 0. The minimum atomic E-state index is -1.20. The molecular formula is C20H21N3O4. The van der Waals surface area contributed by atoms with Crippen LogP contribution in [-0.4, -0.2) is 40.7 Å². The van der Waals surface area contributed by atoms with Crippen LogP contribution in [0.2, 0.25) is 0 Å². The smallest absolute Gasteiger partial charge is 0.333 e. The van der Waals surface area contributed by atoms with Gasteiger partial charge in [0.2, 0.25) is 5.91 Å². The maximum Gasteiger partial charge on any atom is 0.333 e. The Bertz CT molecular complexity index is 844. The van der Waals surface area contributed by atoms with Gasteiger partial charge in [-0.3, -0.25) is 9.59 Å². The molecule has 2 aliphatic heterocycles. The predicted molar refractivity (Wildman–Crippen MR) is 99.5 cm³/mol. The molecule has 3 rings (SSSR count). The summed E-state index contributed by atoms with van der Waals surface area (Å²) in [5.74, 6) is -0.985. The first-order chi connectivity index (χ1) is 13.0. The molecule has 2 aliphatic rings. The molecule has 2 heterocycles. The molecule has 27 heavy (non-hydrogen) atoms. The van der Waals surface area contributed by atoms with Gasteiger partial charge in [-0.25, -0.2) is 4.79 Å². The summed E-state index contributed by atoms with van der Waals surface area (Å²) in [6, 6.07) is 7.91. The van der Waals surface area contributed by atoms with Crippen molar-refractivity contribution in [3.05, 3.63) is 60.3 Å². The number of hydrogen-bond donors (Lipinski definition) is 1. The van der Waals surface area contributed by atoms with Crippen molar-refractivity contribution in [1.82, 2.24) is 10.2 Å². The van der Waals surface area contributed by atoms with Crippen molar-refractivity contribution in [2.75, 3.05) is 6.61 Å². The van der Waals surface area contributed by atoms with Gasteiger partial charge in [0.05, 0.1) is 13.0 Å². The highest BCUT2D eigenvalue weighted by Gasteiger charge is 2.46. The van der Waals surface area contributed by atoms with Crippen molar-refractivity contribution in [3.8, 4) is 0 Å². The van der Waals surface area contributed by atoms with E-state index < -0.39 is 23.5 Å². The topological polar surface area (TPSA) is 88.1 Å². The molecule has 2 unspecified atom stereocenters. The number of fused-ring (bicyclic) bond motifs is 1. The second kappa shape index (κ2) is 7.57. The SMILES string of the molecule is CCOC(=O)C(NC(=O)C1(C)CC(=O)N=C2C=CC=CN21)c1ccccc1. The fourth-order valence-electron chi connectivity index (χ4n) is 3.12. The van der Waals surface area contributed by atoms with E-state index in [2.05, 4.69) is 10.3 Å². The molecule has 1 N–H and O–H groups in total. The number of nitrogens with zero attached hydrogens (tertiary/aromatic N) is 2. The zero-order valence-corrected chi connectivity index (χ0v) is 15.2. The van der Waals surface area contributed by atoms with Gasteiger partial charge in [0, 0.05) is 6.20 Å².